The molecule has 0 unspecified atom stereocenters. The summed E-state index contributed by atoms with van der Waals surface area (Å²) in [5, 5.41) is 9.38. The molecule has 0 bridgehead atoms. The van der Waals surface area contributed by atoms with Crippen LogP contribution in [-0.4, -0.2) is 47.3 Å². The van der Waals surface area contributed by atoms with E-state index in [1.165, 1.54) is 60.1 Å². The second-order valence-electron chi connectivity index (χ2n) is 9.46. The zero-order chi connectivity index (χ0) is 23.5. The normalized spacial score (nSPS) is 16.9. The number of hydrazone groups is 1. The number of hydrogen-bond donors (Lipinski definition) is 1. The van der Waals surface area contributed by atoms with Crippen molar-refractivity contribution >= 4 is 45.6 Å². The third kappa shape index (κ3) is 4.63. The van der Waals surface area contributed by atoms with Gasteiger partial charge in [-0.3, -0.25) is 0 Å². The highest BCUT2D eigenvalue weighted by atomic mass is 15.4. The lowest BCUT2D eigenvalue weighted by atomic mass is 9.97. The first kappa shape index (κ1) is 21.8. The summed E-state index contributed by atoms with van der Waals surface area (Å²) >= 11 is 0. The van der Waals surface area contributed by atoms with Crippen LogP contribution < -0.4 is 15.2 Å². The standard InChI is InChI=1S/C28H31N7/c1-7-15-34(16-8-1)27-30-26(31-28(32-27)35-17-9-2-10-18-35)33-29-20-25-23-13-5-3-11-21(23)19-22-12-4-6-14-24(22)25/h3-6,11-14,19-20H,1-2,7-10,15-18H2,(H,30,31,32,33)/b29-20-. The third-order valence-electron chi connectivity index (χ3n) is 7.06. The summed E-state index contributed by atoms with van der Waals surface area (Å²) in [6, 6.07) is 19.1. The van der Waals surface area contributed by atoms with Gasteiger partial charge in [-0.1, -0.05) is 48.5 Å². The van der Waals surface area contributed by atoms with Crippen molar-refractivity contribution in [2.24, 2.45) is 5.10 Å². The van der Waals surface area contributed by atoms with E-state index in [9.17, 15) is 0 Å². The minimum absolute atomic E-state index is 0.502. The molecule has 35 heavy (non-hydrogen) atoms. The Hall–Kier alpha value is -3.74. The van der Waals surface area contributed by atoms with Crippen LogP contribution in [0.25, 0.3) is 21.5 Å². The summed E-state index contributed by atoms with van der Waals surface area (Å²) in [7, 11) is 0. The van der Waals surface area contributed by atoms with E-state index in [-0.39, 0.29) is 0 Å². The van der Waals surface area contributed by atoms with Crippen LogP contribution in [0.3, 0.4) is 0 Å². The van der Waals surface area contributed by atoms with Crippen molar-refractivity contribution in [3.05, 3.63) is 60.2 Å². The van der Waals surface area contributed by atoms with Crippen molar-refractivity contribution in [2.45, 2.75) is 38.5 Å². The lowest BCUT2D eigenvalue weighted by molar-refractivity contribution is 0.556. The Morgan fingerprint density at radius 3 is 1.71 bits per heavy atom. The molecule has 6 rings (SSSR count). The molecule has 3 aromatic carbocycles. The summed E-state index contributed by atoms with van der Waals surface area (Å²) in [5.41, 5.74) is 4.23. The number of nitrogens with one attached hydrogen (secondary N) is 1. The number of rotatable bonds is 5. The molecule has 0 radical (unpaired) electrons. The van der Waals surface area contributed by atoms with Crippen LogP contribution in [0.15, 0.2) is 59.7 Å². The second kappa shape index (κ2) is 9.86. The summed E-state index contributed by atoms with van der Waals surface area (Å²) < 4.78 is 0. The highest BCUT2D eigenvalue weighted by Gasteiger charge is 2.20. The van der Waals surface area contributed by atoms with Crippen LogP contribution in [0, 0.1) is 0 Å². The van der Waals surface area contributed by atoms with Gasteiger partial charge in [0.25, 0.3) is 0 Å². The number of nitrogens with zero attached hydrogens (tertiary/aromatic N) is 6. The number of anilines is 3. The molecule has 7 nitrogen and oxygen atoms in total. The number of benzene rings is 3. The summed E-state index contributed by atoms with van der Waals surface area (Å²) in [6.45, 7) is 3.98. The number of piperidine rings is 2. The average Bonchev–Trinajstić information content (AvgIpc) is 2.93. The Kier molecular flexibility index (Phi) is 6.13. The summed E-state index contributed by atoms with van der Waals surface area (Å²) in [5.74, 6) is 2.02. The number of fused-ring (bicyclic) bond motifs is 2. The molecular weight excluding hydrogens is 434 g/mol. The van der Waals surface area contributed by atoms with E-state index in [4.69, 9.17) is 15.0 Å². The van der Waals surface area contributed by atoms with Crippen LogP contribution in [-0.2, 0) is 0 Å². The van der Waals surface area contributed by atoms with Gasteiger partial charge in [0.05, 0.1) is 6.21 Å². The second-order valence-corrected chi connectivity index (χ2v) is 9.46. The molecule has 178 valence electrons. The Bertz CT molecular complexity index is 1260. The van der Waals surface area contributed by atoms with E-state index in [2.05, 4.69) is 74.9 Å². The predicted octanol–water partition coefficient (Wildman–Crippen LogP) is 5.60. The number of hydrogen-bond acceptors (Lipinski definition) is 7. The Morgan fingerprint density at radius 1 is 0.657 bits per heavy atom. The minimum Gasteiger partial charge on any atom is -0.341 e. The fraction of sp³-hybridized carbons (Fsp3) is 0.357. The molecule has 7 heteroatoms. The fourth-order valence-corrected chi connectivity index (χ4v) is 5.22. The first-order valence-electron chi connectivity index (χ1n) is 12.8. The van der Waals surface area contributed by atoms with Crippen molar-refractivity contribution in [2.75, 3.05) is 41.4 Å². The molecule has 4 aromatic rings. The van der Waals surface area contributed by atoms with E-state index < -0.39 is 0 Å². The molecule has 0 saturated carbocycles. The Balaban J connectivity index is 1.34. The van der Waals surface area contributed by atoms with Crippen LogP contribution in [0.1, 0.15) is 44.1 Å². The van der Waals surface area contributed by atoms with Crippen LogP contribution >= 0.6 is 0 Å². The van der Waals surface area contributed by atoms with E-state index in [1.807, 2.05) is 6.21 Å². The molecule has 1 aromatic heterocycles. The topological polar surface area (TPSA) is 69.5 Å². The molecule has 0 atom stereocenters. The van der Waals surface area contributed by atoms with E-state index in [0.29, 0.717) is 5.95 Å². The van der Waals surface area contributed by atoms with Gasteiger partial charge in [0.2, 0.25) is 17.8 Å². The van der Waals surface area contributed by atoms with E-state index in [1.54, 1.807) is 0 Å². The lowest BCUT2D eigenvalue weighted by Gasteiger charge is -2.30. The highest BCUT2D eigenvalue weighted by molar-refractivity contribution is 6.13. The quantitative estimate of drug-likeness (QED) is 0.235. The van der Waals surface area contributed by atoms with Crippen molar-refractivity contribution in [1.29, 1.82) is 0 Å². The van der Waals surface area contributed by atoms with Gasteiger partial charge in [-0.25, -0.2) is 5.43 Å². The van der Waals surface area contributed by atoms with Crippen molar-refractivity contribution in [3.8, 4) is 0 Å². The summed E-state index contributed by atoms with van der Waals surface area (Å²) in [4.78, 5) is 19.0. The van der Waals surface area contributed by atoms with Crippen molar-refractivity contribution < 1.29 is 0 Å². The maximum Gasteiger partial charge on any atom is 0.250 e. The van der Waals surface area contributed by atoms with Crippen molar-refractivity contribution in [1.82, 2.24) is 15.0 Å². The molecule has 1 N–H and O–H groups in total. The van der Waals surface area contributed by atoms with Gasteiger partial charge in [-0.2, -0.15) is 20.1 Å². The SMILES string of the molecule is C(=N/Nc1nc(N2CCCCC2)nc(N2CCCCC2)n1)/c1c2ccccc2cc2ccccc12. The smallest absolute Gasteiger partial charge is 0.250 e. The molecule has 0 amide bonds. The molecule has 2 aliphatic heterocycles. The minimum atomic E-state index is 0.502. The molecule has 0 aliphatic carbocycles. The van der Waals surface area contributed by atoms with Gasteiger partial charge in [0.15, 0.2) is 0 Å². The molecule has 2 saturated heterocycles. The van der Waals surface area contributed by atoms with Crippen LogP contribution in [0.4, 0.5) is 17.8 Å². The maximum atomic E-state index is 4.87. The van der Waals surface area contributed by atoms with E-state index >= 15 is 0 Å². The molecular formula is C28H31N7. The number of aromatic nitrogens is 3. The van der Waals surface area contributed by atoms with Gasteiger partial charge < -0.3 is 9.80 Å². The zero-order valence-corrected chi connectivity index (χ0v) is 20.0. The van der Waals surface area contributed by atoms with Gasteiger partial charge >= 0.3 is 0 Å². The lowest BCUT2D eigenvalue weighted by Crippen LogP contribution is -2.34. The molecule has 2 aliphatic rings. The van der Waals surface area contributed by atoms with Gasteiger partial charge in [-0.05, 0) is 66.1 Å². The summed E-state index contributed by atoms with van der Waals surface area (Å²) in [6.07, 6.45) is 9.17. The zero-order valence-electron chi connectivity index (χ0n) is 20.0. The fourth-order valence-electron chi connectivity index (χ4n) is 5.22. The first-order chi connectivity index (χ1) is 17.3. The van der Waals surface area contributed by atoms with Crippen LogP contribution in [0.5, 0.6) is 0 Å². The van der Waals surface area contributed by atoms with Gasteiger partial charge in [-0.15, -0.1) is 0 Å². The van der Waals surface area contributed by atoms with Gasteiger partial charge in [0, 0.05) is 31.7 Å². The average molecular weight is 466 g/mol. The first-order valence-corrected chi connectivity index (χ1v) is 12.8. The molecule has 2 fully saturated rings. The predicted molar refractivity (Wildman–Crippen MR) is 145 cm³/mol. The Morgan fingerprint density at radius 2 is 1.17 bits per heavy atom. The van der Waals surface area contributed by atoms with Crippen molar-refractivity contribution in [3.63, 3.8) is 0 Å². The Labute approximate surface area is 205 Å². The van der Waals surface area contributed by atoms with Crippen LogP contribution in [0.2, 0.25) is 0 Å². The third-order valence-corrected chi connectivity index (χ3v) is 7.06. The van der Waals surface area contributed by atoms with Gasteiger partial charge in [0.1, 0.15) is 0 Å². The monoisotopic (exact) mass is 465 g/mol. The molecule has 0 spiro atoms. The maximum absolute atomic E-state index is 4.87. The highest BCUT2D eigenvalue weighted by Crippen LogP contribution is 2.27. The molecule has 3 heterocycles. The largest absolute Gasteiger partial charge is 0.341 e. The van der Waals surface area contributed by atoms with E-state index in [0.717, 1.165) is 43.6 Å².